The van der Waals surface area contributed by atoms with Crippen molar-refractivity contribution in [3.8, 4) is 5.75 Å². The van der Waals surface area contributed by atoms with Gasteiger partial charge in [-0.1, -0.05) is 6.07 Å². The molecule has 1 aromatic carbocycles. The first-order valence-corrected chi connectivity index (χ1v) is 5.08. The monoisotopic (exact) mass is 239 g/mol. The Kier molecular flexibility index (Phi) is 4.45. The molecule has 1 rings (SSSR count). The van der Waals surface area contributed by atoms with Gasteiger partial charge in [0.1, 0.15) is 6.61 Å². The number of carbonyl (C=O) groups excluding carboxylic acids is 1. The number of ether oxygens (including phenoxy) is 2. The quantitative estimate of drug-likeness (QED) is 0.446. The van der Waals surface area contributed by atoms with Gasteiger partial charge in [0.2, 0.25) is 0 Å². The van der Waals surface area contributed by atoms with E-state index >= 15 is 0 Å². The van der Waals surface area contributed by atoms with E-state index in [1.807, 2.05) is 0 Å². The molecule has 0 aliphatic heterocycles. The molecule has 0 radical (unpaired) electrons. The van der Waals surface area contributed by atoms with Crippen LogP contribution >= 0.6 is 0 Å². The van der Waals surface area contributed by atoms with Gasteiger partial charge in [0.25, 0.3) is 0 Å². The van der Waals surface area contributed by atoms with Crippen molar-refractivity contribution >= 4 is 11.7 Å². The van der Waals surface area contributed by atoms with Crippen LogP contribution in [0.4, 0.5) is 5.69 Å². The van der Waals surface area contributed by atoms with Crippen LogP contribution in [0.2, 0.25) is 0 Å². The Morgan fingerprint density at radius 3 is 2.71 bits per heavy atom. The van der Waals surface area contributed by atoms with Crippen LogP contribution in [0.1, 0.15) is 19.4 Å². The van der Waals surface area contributed by atoms with Crippen LogP contribution < -0.4 is 4.74 Å². The molecular weight excluding hydrogens is 226 g/mol. The number of nitro benzene ring substituents is 1. The summed E-state index contributed by atoms with van der Waals surface area (Å²) in [6.07, 6.45) is 0. The molecule has 0 amide bonds. The van der Waals surface area contributed by atoms with Gasteiger partial charge < -0.3 is 9.47 Å². The van der Waals surface area contributed by atoms with Crippen molar-refractivity contribution in [3.63, 3.8) is 0 Å². The Labute approximate surface area is 98.3 Å². The van der Waals surface area contributed by atoms with Crippen molar-refractivity contribution in [2.75, 3.05) is 6.61 Å². The number of carbonyl (C=O) groups is 1. The second kappa shape index (κ2) is 5.83. The van der Waals surface area contributed by atoms with E-state index in [1.54, 1.807) is 13.0 Å². The molecule has 0 unspecified atom stereocenters. The lowest BCUT2D eigenvalue weighted by atomic mass is 10.2. The van der Waals surface area contributed by atoms with Crippen LogP contribution in [0.5, 0.6) is 5.75 Å². The van der Waals surface area contributed by atoms with Crippen molar-refractivity contribution in [2.24, 2.45) is 0 Å². The average Bonchev–Trinajstić information content (AvgIpc) is 2.27. The lowest BCUT2D eigenvalue weighted by Crippen LogP contribution is -2.01. The molecule has 0 aliphatic carbocycles. The lowest BCUT2D eigenvalue weighted by Gasteiger charge is -2.06. The zero-order valence-electron chi connectivity index (χ0n) is 9.63. The fourth-order valence-corrected chi connectivity index (χ4v) is 1.26. The Bertz CT molecular complexity index is 430. The standard InChI is InChI=1S/C11H13NO5/c1-3-16-11-5-4-9(7-17-8(2)13)6-10(11)12(14)15/h4-6H,3,7H2,1-2H3. The maximum absolute atomic E-state index is 10.8. The Hall–Kier alpha value is -2.11. The molecule has 17 heavy (non-hydrogen) atoms. The topological polar surface area (TPSA) is 78.7 Å². The van der Waals surface area contributed by atoms with E-state index in [1.165, 1.54) is 19.1 Å². The van der Waals surface area contributed by atoms with Crippen LogP contribution in [-0.4, -0.2) is 17.5 Å². The van der Waals surface area contributed by atoms with Crippen molar-refractivity contribution in [1.82, 2.24) is 0 Å². The predicted molar refractivity (Wildman–Crippen MR) is 59.7 cm³/mol. The van der Waals surface area contributed by atoms with Gasteiger partial charge in [-0.3, -0.25) is 14.9 Å². The fourth-order valence-electron chi connectivity index (χ4n) is 1.26. The number of hydrogen-bond acceptors (Lipinski definition) is 5. The fraction of sp³-hybridized carbons (Fsp3) is 0.364. The molecular formula is C11H13NO5. The van der Waals surface area contributed by atoms with E-state index < -0.39 is 10.9 Å². The number of nitrogens with zero attached hydrogens (tertiary/aromatic N) is 1. The Balaban J connectivity index is 2.92. The summed E-state index contributed by atoms with van der Waals surface area (Å²) in [6, 6.07) is 4.47. The van der Waals surface area contributed by atoms with E-state index in [2.05, 4.69) is 0 Å². The summed E-state index contributed by atoms with van der Waals surface area (Å²) in [7, 11) is 0. The second-order valence-electron chi connectivity index (χ2n) is 3.27. The maximum atomic E-state index is 10.8. The highest BCUT2D eigenvalue weighted by Crippen LogP contribution is 2.28. The summed E-state index contributed by atoms with van der Waals surface area (Å²) < 4.78 is 9.89. The summed E-state index contributed by atoms with van der Waals surface area (Å²) in [5.74, 6) is -0.217. The summed E-state index contributed by atoms with van der Waals surface area (Å²) in [4.78, 5) is 20.9. The van der Waals surface area contributed by atoms with Gasteiger partial charge in [0.15, 0.2) is 5.75 Å². The van der Waals surface area contributed by atoms with Gasteiger partial charge in [-0.25, -0.2) is 0 Å². The molecule has 0 heterocycles. The summed E-state index contributed by atoms with van der Waals surface area (Å²) in [5.41, 5.74) is 0.423. The van der Waals surface area contributed by atoms with Gasteiger partial charge in [0.05, 0.1) is 11.5 Å². The summed E-state index contributed by atoms with van der Waals surface area (Å²) >= 11 is 0. The zero-order chi connectivity index (χ0) is 12.8. The minimum absolute atomic E-state index is 0.0164. The van der Waals surface area contributed by atoms with Gasteiger partial charge in [-0.2, -0.15) is 0 Å². The van der Waals surface area contributed by atoms with Crippen molar-refractivity contribution in [3.05, 3.63) is 33.9 Å². The van der Waals surface area contributed by atoms with Crippen LogP contribution in [-0.2, 0) is 16.1 Å². The molecule has 0 N–H and O–H groups in total. The molecule has 6 nitrogen and oxygen atoms in total. The Morgan fingerprint density at radius 1 is 1.47 bits per heavy atom. The lowest BCUT2D eigenvalue weighted by molar-refractivity contribution is -0.385. The van der Waals surface area contributed by atoms with Gasteiger partial charge >= 0.3 is 11.7 Å². The minimum Gasteiger partial charge on any atom is -0.487 e. The van der Waals surface area contributed by atoms with Crippen LogP contribution in [0.3, 0.4) is 0 Å². The predicted octanol–water partition coefficient (Wildman–Crippen LogP) is 2.06. The van der Waals surface area contributed by atoms with E-state index in [9.17, 15) is 14.9 Å². The number of esters is 1. The van der Waals surface area contributed by atoms with Crippen molar-refractivity contribution in [1.29, 1.82) is 0 Å². The third kappa shape index (κ3) is 3.75. The molecule has 6 heteroatoms. The van der Waals surface area contributed by atoms with Crippen LogP contribution in [0.25, 0.3) is 0 Å². The zero-order valence-corrected chi connectivity index (χ0v) is 9.63. The highest BCUT2D eigenvalue weighted by molar-refractivity contribution is 5.66. The highest BCUT2D eigenvalue weighted by Gasteiger charge is 2.15. The number of benzene rings is 1. The van der Waals surface area contributed by atoms with E-state index in [0.29, 0.717) is 12.2 Å². The average molecular weight is 239 g/mol. The molecule has 0 atom stereocenters. The molecule has 92 valence electrons. The first-order chi connectivity index (χ1) is 8.04. The van der Waals surface area contributed by atoms with Crippen LogP contribution in [0, 0.1) is 10.1 Å². The third-order valence-electron chi connectivity index (χ3n) is 1.96. The summed E-state index contributed by atoms with van der Waals surface area (Å²) in [5, 5.41) is 10.8. The molecule has 0 aliphatic rings. The number of rotatable bonds is 5. The first-order valence-electron chi connectivity index (χ1n) is 5.08. The van der Waals surface area contributed by atoms with Crippen molar-refractivity contribution in [2.45, 2.75) is 20.5 Å². The SMILES string of the molecule is CCOc1ccc(COC(C)=O)cc1[N+](=O)[O-]. The normalized spacial score (nSPS) is 9.76. The molecule has 0 aromatic heterocycles. The largest absolute Gasteiger partial charge is 0.487 e. The van der Waals surface area contributed by atoms with Gasteiger partial charge in [0, 0.05) is 13.0 Å². The summed E-state index contributed by atoms with van der Waals surface area (Å²) in [6.45, 7) is 3.40. The first kappa shape index (κ1) is 13.0. The van der Waals surface area contributed by atoms with Gasteiger partial charge in [-0.05, 0) is 18.6 Å². The number of nitro groups is 1. The molecule has 0 spiro atoms. The molecule has 0 saturated heterocycles. The van der Waals surface area contributed by atoms with Crippen molar-refractivity contribution < 1.29 is 19.2 Å². The van der Waals surface area contributed by atoms with Crippen LogP contribution in [0.15, 0.2) is 18.2 Å². The molecule has 0 fully saturated rings. The molecule has 1 aromatic rings. The molecule has 0 bridgehead atoms. The minimum atomic E-state index is -0.526. The van der Waals surface area contributed by atoms with E-state index in [4.69, 9.17) is 9.47 Å². The van der Waals surface area contributed by atoms with E-state index in [0.717, 1.165) is 0 Å². The highest BCUT2D eigenvalue weighted by atomic mass is 16.6. The smallest absolute Gasteiger partial charge is 0.311 e. The Morgan fingerprint density at radius 2 is 2.18 bits per heavy atom. The maximum Gasteiger partial charge on any atom is 0.311 e. The number of hydrogen-bond donors (Lipinski definition) is 0. The second-order valence-corrected chi connectivity index (χ2v) is 3.27. The molecule has 0 saturated carbocycles. The third-order valence-corrected chi connectivity index (χ3v) is 1.96. The van der Waals surface area contributed by atoms with E-state index in [-0.39, 0.29) is 18.0 Å². The van der Waals surface area contributed by atoms with Gasteiger partial charge in [-0.15, -0.1) is 0 Å².